The largest absolute Gasteiger partial charge is 0.352 e. The van der Waals surface area contributed by atoms with Crippen molar-refractivity contribution in [3.05, 3.63) is 35.4 Å². The molecule has 2 aliphatic rings. The summed E-state index contributed by atoms with van der Waals surface area (Å²) in [5.41, 5.74) is 8.89. The number of carbonyl (C=O) groups is 1. The Hall–Kier alpha value is -0.810. The molecule has 6 heteroatoms. The third-order valence-corrected chi connectivity index (χ3v) is 6.66. The molecule has 28 heavy (non-hydrogen) atoms. The Balaban J connectivity index is 0.00000196. The van der Waals surface area contributed by atoms with Crippen molar-refractivity contribution >= 4 is 30.7 Å². The summed E-state index contributed by atoms with van der Waals surface area (Å²) >= 11 is 0. The maximum absolute atomic E-state index is 12.8. The van der Waals surface area contributed by atoms with Gasteiger partial charge in [0.1, 0.15) is 0 Å². The van der Waals surface area contributed by atoms with Crippen LogP contribution in [0, 0.1) is 17.8 Å². The smallest absolute Gasteiger partial charge is 0.223 e. The maximum Gasteiger partial charge on any atom is 0.223 e. The van der Waals surface area contributed by atoms with Crippen molar-refractivity contribution in [2.75, 3.05) is 7.05 Å². The van der Waals surface area contributed by atoms with E-state index in [1.54, 1.807) is 0 Å². The zero-order chi connectivity index (χ0) is 18.7. The number of carbonyl (C=O) groups excluding carboxylic acids is 1. The van der Waals surface area contributed by atoms with Crippen molar-refractivity contribution in [1.82, 2.24) is 10.2 Å². The Morgan fingerprint density at radius 2 is 1.71 bits per heavy atom. The van der Waals surface area contributed by atoms with Crippen LogP contribution in [0.4, 0.5) is 0 Å². The van der Waals surface area contributed by atoms with Gasteiger partial charge in [-0.25, -0.2) is 0 Å². The summed E-state index contributed by atoms with van der Waals surface area (Å²) in [4.78, 5) is 15.1. The Bertz CT molecular complexity index is 612. The number of halogens is 2. The van der Waals surface area contributed by atoms with Crippen molar-refractivity contribution in [2.45, 2.75) is 71.1 Å². The first-order chi connectivity index (χ1) is 12.5. The molecule has 2 aliphatic carbocycles. The molecule has 3 N–H and O–H groups in total. The van der Waals surface area contributed by atoms with Gasteiger partial charge < -0.3 is 11.1 Å². The lowest BCUT2D eigenvalue weighted by molar-refractivity contribution is -0.128. The Kier molecular flexibility index (Phi) is 10.3. The molecule has 4 nitrogen and oxygen atoms in total. The summed E-state index contributed by atoms with van der Waals surface area (Å²) in [7, 11) is 2.14. The van der Waals surface area contributed by atoms with Crippen LogP contribution in [-0.2, 0) is 17.9 Å². The summed E-state index contributed by atoms with van der Waals surface area (Å²) in [6.45, 7) is 5.94. The van der Waals surface area contributed by atoms with Crippen LogP contribution in [0.3, 0.4) is 0 Å². The first-order valence-corrected chi connectivity index (χ1v) is 10.3. The predicted molar refractivity (Wildman–Crippen MR) is 121 cm³/mol. The van der Waals surface area contributed by atoms with E-state index >= 15 is 0 Å². The average molecular weight is 430 g/mol. The van der Waals surface area contributed by atoms with E-state index in [2.05, 4.69) is 55.4 Å². The van der Waals surface area contributed by atoms with Crippen LogP contribution in [0.1, 0.15) is 57.1 Å². The molecule has 1 aromatic carbocycles. The molecule has 1 aromatic rings. The van der Waals surface area contributed by atoms with E-state index < -0.39 is 0 Å². The Labute approximate surface area is 182 Å². The summed E-state index contributed by atoms with van der Waals surface area (Å²) < 4.78 is 0. The predicted octanol–water partition coefficient (Wildman–Crippen LogP) is 4.14. The van der Waals surface area contributed by atoms with Gasteiger partial charge in [0, 0.05) is 31.1 Å². The molecule has 2 saturated carbocycles. The van der Waals surface area contributed by atoms with Gasteiger partial charge in [-0.3, -0.25) is 9.69 Å². The normalized spacial score (nSPS) is 26.4. The van der Waals surface area contributed by atoms with E-state index in [0.717, 1.165) is 19.4 Å². The van der Waals surface area contributed by atoms with Gasteiger partial charge in [-0.2, -0.15) is 0 Å². The first kappa shape index (κ1) is 25.2. The van der Waals surface area contributed by atoms with Gasteiger partial charge in [0.05, 0.1) is 0 Å². The zero-order valence-electron chi connectivity index (χ0n) is 17.4. The number of hydrogen-bond acceptors (Lipinski definition) is 3. The number of nitrogens with one attached hydrogen (secondary N) is 1. The number of nitrogens with zero attached hydrogens (tertiary/aromatic N) is 1. The van der Waals surface area contributed by atoms with Crippen molar-refractivity contribution in [3.8, 4) is 0 Å². The van der Waals surface area contributed by atoms with E-state index in [4.69, 9.17) is 5.73 Å². The second kappa shape index (κ2) is 11.4. The number of nitrogens with two attached hydrogens (primary N) is 1. The molecular weight excluding hydrogens is 393 g/mol. The monoisotopic (exact) mass is 429 g/mol. The van der Waals surface area contributed by atoms with Crippen LogP contribution >= 0.6 is 24.8 Å². The summed E-state index contributed by atoms with van der Waals surface area (Å²) in [6.07, 6.45) is 5.63. The highest BCUT2D eigenvalue weighted by atomic mass is 35.5. The highest BCUT2D eigenvalue weighted by Gasteiger charge is 2.40. The minimum atomic E-state index is 0. The number of benzene rings is 1. The Morgan fingerprint density at radius 3 is 2.29 bits per heavy atom. The SMILES string of the molecule is CC(C)N(C)Cc1ccccc1CNC(=O)C1CC2CCCC(C1)C2N.Cl.Cl. The fraction of sp³-hybridized carbons (Fsp3) is 0.682. The van der Waals surface area contributed by atoms with E-state index in [1.165, 1.54) is 30.4 Å². The lowest BCUT2D eigenvalue weighted by Crippen LogP contribution is -2.49. The minimum absolute atomic E-state index is 0. The van der Waals surface area contributed by atoms with Crippen molar-refractivity contribution in [3.63, 3.8) is 0 Å². The summed E-state index contributed by atoms with van der Waals surface area (Å²) in [6, 6.07) is 9.27. The van der Waals surface area contributed by atoms with E-state index in [-0.39, 0.29) is 36.6 Å². The van der Waals surface area contributed by atoms with Gasteiger partial charge in [-0.15, -0.1) is 24.8 Å². The third-order valence-electron chi connectivity index (χ3n) is 6.66. The molecular formula is C22H37Cl2N3O. The molecule has 3 rings (SSSR count). The molecule has 160 valence electrons. The fourth-order valence-electron chi connectivity index (χ4n) is 4.67. The Morgan fingerprint density at radius 1 is 1.14 bits per heavy atom. The van der Waals surface area contributed by atoms with Crippen LogP contribution in [-0.4, -0.2) is 29.9 Å². The van der Waals surface area contributed by atoms with Crippen LogP contribution in [0.25, 0.3) is 0 Å². The lowest BCUT2D eigenvalue weighted by Gasteiger charge is -2.43. The summed E-state index contributed by atoms with van der Waals surface area (Å²) in [5.74, 6) is 1.46. The fourth-order valence-corrected chi connectivity index (χ4v) is 4.67. The van der Waals surface area contributed by atoms with Gasteiger partial charge in [0.25, 0.3) is 0 Å². The van der Waals surface area contributed by atoms with Gasteiger partial charge in [0.2, 0.25) is 5.91 Å². The summed E-state index contributed by atoms with van der Waals surface area (Å²) in [5, 5.41) is 3.22. The van der Waals surface area contributed by atoms with Crippen molar-refractivity contribution in [1.29, 1.82) is 0 Å². The van der Waals surface area contributed by atoms with E-state index in [0.29, 0.717) is 30.5 Å². The molecule has 0 spiro atoms. The highest BCUT2D eigenvalue weighted by Crippen LogP contribution is 2.41. The molecule has 2 bridgehead atoms. The van der Waals surface area contributed by atoms with Gasteiger partial charge in [-0.1, -0.05) is 30.7 Å². The quantitative estimate of drug-likeness (QED) is 0.713. The second-order valence-corrected chi connectivity index (χ2v) is 8.69. The van der Waals surface area contributed by atoms with Crippen molar-refractivity contribution < 1.29 is 4.79 Å². The number of hydrogen-bond donors (Lipinski definition) is 2. The molecule has 2 fully saturated rings. The van der Waals surface area contributed by atoms with Crippen LogP contribution in [0.5, 0.6) is 0 Å². The first-order valence-electron chi connectivity index (χ1n) is 10.3. The molecule has 1 amide bonds. The minimum Gasteiger partial charge on any atom is -0.352 e. The molecule has 0 heterocycles. The third kappa shape index (κ3) is 6.09. The van der Waals surface area contributed by atoms with Crippen molar-refractivity contribution in [2.24, 2.45) is 23.5 Å². The number of amides is 1. The van der Waals surface area contributed by atoms with E-state index in [1.807, 2.05) is 0 Å². The zero-order valence-corrected chi connectivity index (χ0v) is 19.0. The number of rotatable bonds is 6. The van der Waals surface area contributed by atoms with E-state index in [9.17, 15) is 4.79 Å². The molecule has 0 saturated heterocycles. The van der Waals surface area contributed by atoms with Gasteiger partial charge in [0.15, 0.2) is 0 Å². The van der Waals surface area contributed by atoms with Gasteiger partial charge in [-0.05, 0) is 69.5 Å². The topological polar surface area (TPSA) is 58.4 Å². The van der Waals surface area contributed by atoms with Crippen LogP contribution in [0.15, 0.2) is 24.3 Å². The van der Waals surface area contributed by atoms with Gasteiger partial charge >= 0.3 is 0 Å². The molecule has 0 aromatic heterocycles. The number of fused-ring (bicyclic) bond motifs is 2. The van der Waals surface area contributed by atoms with Crippen LogP contribution < -0.4 is 11.1 Å². The second-order valence-electron chi connectivity index (χ2n) is 8.69. The van der Waals surface area contributed by atoms with Crippen LogP contribution in [0.2, 0.25) is 0 Å². The average Bonchev–Trinajstić information content (AvgIpc) is 2.60. The molecule has 0 aliphatic heterocycles. The standard InChI is InChI=1S/C22H35N3O.2ClH/c1-15(2)25(3)14-19-8-5-4-7-18(19)13-24-22(26)20-11-16-9-6-10-17(12-20)21(16)23;;/h4-5,7-8,15-17,20-21H,6,9-14,23H2,1-3H3,(H,24,26);2*1H. The maximum atomic E-state index is 12.8. The molecule has 0 radical (unpaired) electrons. The molecule has 2 atom stereocenters. The lowest BCUT2D eigenvalue weighted by atomic mass is 9.65. The molecule has 2 unspecified atom stereocenters. The highest BCUT2D eigenvalue weighted by molar-refractivity contribution is 5.85.